The van der Waals surface area contributed by atoms with Gasteiger partial charge in [0, 0.05) is 18.8 Å². The van der Waals surface area contributed by atoms with Gasteiger partial charge in [0.15, 0.2) is 9.84 Å². The largest absolute Gasteiger partial charge is 0.481 e. The summed E-state index contributed by atoms with van der Waals surface area (Å²) in [4.78, 5) is 24.0. The first-order valence-corrected chi connectivity index (χ1v) is 8.22. The van der Waals surface area contributed by atoms with E-state index in [9.17, 15) is 18.0 Å². The number of amides is 2. The molecule has 0 aromatic heterocycles. The lowest BCUT2D eigenvalue weighted by molar-refractivity contribution is -0.139. The van der Waals surface area contributed by atoms with Gasteiger partial charge in [-0.3, -0.25) is 4.79 Å². The Balaban J connectivity index is 2.49. The molecule has 1 aliphatic heterocycles. The molecule has 0 aromatic rings. The minimum absolute atomic E-state index is 0.0200. The highest BCUT2D eigenvalue weighted by Crippen LogP contribution is 2.10. The first-order valence-electron chi connectivity index (χ1n) is 6.40. The number of hydrogen-bond acceptors (Lipinski definition) is 5. The van der Waals surface area contributed by atoms with Crippen LogP contribution in [0.25, 0.3) is 0 Å². The summed E-state index contributed by atoms with van der Waals surface area (Å²) in [6.45, 7) is 2.38. The number of carboxylic acids is 1. The number of urea groups is 1. The maximum absolute atomic E-state index is 11.9. The number of nitrogens with zero attached hydrogens (tertiary/aromatic N) is 1. The van der Waals surface area contributed by atoms with Gasteiger partial charge in [-0.15, -0.1) is 0 Å². The maximum atomic E-state index is 11.9. The Hall–Kier alpha value is -1.35. The van der Waals surface area contributed by atoms with Gasteiger partial charge in [0.05, 0.1) is 31.4 Å². The number of ether oxygens (including phenoxy) is 1. The predicted molar refractivity (Wildman–Crippen MR) is 71.3 cm³/mol. The Bertz CT molecular complexity index is 450. The summed E-state index contributed by atoms with van der Waals surface area (Å²) in [5, 5.41) is 11.3. The second-order valence-electron chi connectivity index (χ2n) is 4.49. The standard InChI is InChI=1S/C11H20N2O6S/c1-2-20(17,18)6-3-12-11(16)13-4-5-19-8-9(13)7-10(14)15/h9H,2-8H2,1H3,(H,12,16)(H,14,15). The monoisotopic (exact) mass is 308 g/mol. The molecule has 0 saturated carbocycles. The van der Waals surface area contributed by atoms with Crippen molar-refractivity contribution >= 4 is 21.8 Å². The van der Waals surface area contributed by atoms with E-state index in [0.717, 1.165) is 0 Å². The van der Waals surface area contributed by atoms with E-state index in [2.05, 4.69) is 5.32 Å². The van der Waals surface area contributed by atoms with Crippen LogP contribution >= 0.6 is 0 Å². The molecule has 20 heavy (non-hydrogen) atoms. The van der Waals surface area contributed by atoms with Crippen molar-refractivity contribution in [3.63, 3.8) is 0 Å². The quantitative estimate of drug-likeness (QED) is 0.671. The number of morpholine rings is 1. The molecule has 1 heterocycles. The van der Waals surface area contributed by atoms with E-state index in [-0.39, 0.29) is 31.1 Å². The highest BCUT2D eigenvalue weighted by atomic mass is 32.2. The summed E-state index contributed by atoms with van der Waals surface area (Å²) >= 11 is 0. The van der Waals surface area contributed by atoms with E-state index < -0.39 is 27.9 Å². The number of nitrogens with one attached hydrogen (secondary N) is 1. The van der Waals surface area contributed by atoms with Crippen LogP contribution in [0.5, 0.6) is 0 Å². The topological polar surface area (TPSA) is 113 Å². The highest BCUT2D eigenvalue weighted by molar-refractivity contribution is 7.91. The van der Waals surface area contributed by atoms with Crippen LogP contribution in [0.3, 0.4) is 0 Å². The van der Waals surface area contributed by atoms with Crippen molar-refractivity contribution in [1.29, 1.82) is 0 Å². The Kier molecular flexibility index (Phi) is 6.21. The molecule has 8 nitrogen and oxygen atoms in total. The predicted octanol–water partition coefficient (Wildman–Crippen LogP) is -0.694. The number of sulfone groups is 1. The first-order chi connectivity index (χ1) is 9.35. The lowest BCUT2D eigenvalue weighted by atomic mass is 10.1. The molecular weight excluding hydrogens is 288 g/mol. The van der Waals surface area contributed by atoms with Crippen LogP contribution in [-0.2, 0) is 19.4 Å². The fraction of sp³-hybridized carbons (Fsp3) is 0.818. The highest BCUT2D eigenvalue weighted by Gasteiger charge is 2.29. The molecule has 0 aromatic carbocycles. The minimum atomic E-state index is -3.13. The molecule has 0 bridgehead atoms. The van der Waals surface area contributed by atoms with Crippen LogP contribution in [0.2, 0.25) is 0 Å². The first kappa shape index (κ1) is 16.7. The fourth-order valence-corrected chi connectivity index (χ4v) is 2.55. The van der Waals surface area contributed by atoms with Crippen LogP contribution in [0, 0.1) is 0 Å². The number of carbonyl (C=O) groups is 2. The molecule has 116 valence electrons. The average Bonchev–Trinajstić information content (AvgIpc) is 2.38. The van der Waals surface area contributed by atoms with Gasteiger partial charge in [0.2, 0.25) is 0 Å². The second kappa shape index (κ2) is 7.44. The number of carbonyl (C=O) groups excluding carboxylic acids is 1. The molecule has 0 spiro atoms. The summed E-state index contributed by atoms with van der Waals surface area (Å²) in [6.07, 6.45) is -0.194. The second-order valence-corrected chi connectivity index (χ2v) is 6.96. The Morgan fingerprint density at radius 2 is 2.15 bits per heavy atom. The Labute approximate surface area is 118 Å². The molecule has 0 aliphatic carbocycles. The van der Waals surface area contributed by atoms with Crippen molar-refractivity contribution in [3.05, 3.63) is 0 Å². The summed E-state index contributed by atoms with van der Waals surface area (Å²) in [5.41, 5.74) is 0. The maximum Gasteiger partial charge on any atom is 0.317 e. The van der Waals surface area contributed by atoms with E-state index in [1.165, 1.54) is 4.90 Å². The zero-order chi connectivity index (χ0) is 15.2. The molecular formula is C11H20N2O6S. The van der Waals surface area contributed by atoms with Crippen molar-refractivity contribution < 1.29 is 27.9 Å². The third-order valence-electron chi connectivity index (χ3n) is 3.03. The van der Waals surface area contributed by atoms with Crippen molar-refractivity contribution in [2.24, 2.45) is 0 Å². The van der Waals surface area contributed by atoms with Gasteiger partial charge >= 0.3 is 12.0 Å². The smallest absolute Gasteiger partial charge is 0.317 e. The van der Waals surface area contributed by atoms with E-state index in [0.29, 0.717) is 13.2 Å². The van der Waals surface area contributed by atoms with Crippen LogP contribution in [0.4, 0.5) is 4.79 Å². The number of aliphatic carboxylic acids is 1. The Morgan fingerprint density at radius 1 is 1.45 bits per heavy atom. The van der Waals surface area contributed by atoms with E-state index >= 15 is 0 Å². The molecule has 1 aliphatic rings. The normalized spacial score (nSPS) is 19.6. The van der Waals surface area contributed by atoms with Gasteiger partial charge in [-0.25, -0.2) is 13.2 Å². The molecule has 1 rings (SSSR count). The summed E-state index contributed by atoms with van der Waals surface area (Å²) < 4.78 is 27.8. The zero-order valence-electron chi connectivity index (χ0n) is 11.4. The van der Waals surface area contributed by atoms with Gasteiger partial charge in [-0.05, 0) is 0 Å². The summed E-state index contributed by atoms with van der Waals surface area (Å²) in [7, 11) is -3.13. The SMILES string of the molecule is CCS(=O)(=O)CCNC(=O)N1CCOCC1CC(=O)O. The molecule has 0 radical (unpaired) electrons. The molecule has 1 unspecified atom stereocenters. The zero-order valence-corrected chi connectivity index (χ0v) is 12.2. The molecule has 1 atom stereocenters. The van der Waals surface area contributed by atoms with E-state index in [1.807, 2.05) is 0 Å². The van der Waals surface area contributed by atoms with Gasteiger partial charge in [-0.1, -0.05) is 6.92 Å². The molecule has 9 heteroatoms. The number of hydrogen-bond donors (Lipinski definition) is 2. The van der Waals surface area contributed by atoms with E-state index in [1.54, 1.807) is 6.92 Å². The summed E-state index contributed by atoms with van der Waals surface area (Å²) in [6, 6.07) is -0.977. The van der Waals surface area contributed by atoms with Gasteiger partial charge < -0.3 is 20.1 Å². The average molecular weight is 308 g/mol. The number of rotatable bonds is 6. The van der Waals surface area contributed by atoms with Crippen LogP contribution in [0.1, 0.15) is 13.3 Å². The summed E-state index contributed by atoms with van der Waals surface area (Å²) in [5.74, 6) is -1.10. The minimum Gasteiger partial charge on any atom is -0.481 e. The Morgan fingerprint density at radius 3 is 2.75 bits per heavy atom. The third-order valence-corrected chi connectivity index (χ3v) is 4.73. The third kappa shape index (κ3) is 5.33. The molecule has 1 fully saturated rings. The fourth-order valence-electron chi connectivity index (χ4n) is 1.85. The van der Waals surface area contributed by atoms with Crippen molar-refractivity contribution in [2.45, 2.75) is 19.4 Å². The van der Waals surface area contributed by atoms with Crippen molar-refractivity contribution in [3.8, 4) is 0 Å². The van der Waals surface area contributed by atoms with Crippen LogP contribution in [0.15, 0.2) is 0 Å². The lowest BCUT2D eigenvalue weighted by Gasteiger charge is -2.34. The molecule has 2 N–H and O–H groups in total. The van der Waals surface area contributed by atoms with Gasteiger partial charge in [0.25, 0.3) is 0 Å². The van der Waals surface area contributed by atoms with Gasteiger partial charge in [0.1, 0.15) is 0 Å². The number of carboxylic acid groups (broad SMARTS) is 1. The van der Waals surface area contributed by atoms with Crippen molar-refractivity contribution in [2.75, 3.05) is 37.8 Å². The molecule has 2 amide bonds. The van der Waals surface area contributed by atoms with E-state index in [4.69, 9.17) is 9.84 Å². The van der Waals surface area contributed by atoms with Crippen LogP contribution < -0.4 is 5.32 Å². The molecule has 1 saturated heterocycles. The van der Waals surface area contributed by atoms with Crippen molar-refractivity contribution in [1.82, 2.24) is 10.2 Å². The van der Waals surface area contributed by atoms with Gasteiger partial charge in [-0.2, -0.15) is 0 Å². The van der Waals surface area contributed by atoms with Crippen LogP contribution in [-0.4, -0.2) is 74.3 Å². The lowest BCUT2D eigenvalue weighted by Crippen LogP contribution is -2.53.